The quantitative estimate of drug-likeness (QED) is 0.573. The highest BCUT2D eigenvalue weighted by Crippen LogP contribution is 1.97. The van der Waals surface area contributed by atoms with Gasteiger partial charge >= 0.3 is 6.03 Å². The largest absolute Gasteiger partial charge is 0.352 e. The molecule has 2 amide bonds. The molecule has 1 heterocycles. The van der Waals surface area contributed by atoms with Gasteiger partial charge in [-0.1, -0.05) is 6.92 Å². The van der Waals surface area contributed by atoms with Gasteiger partial charge in [0.1, 0.15) is 0 Å². The van der Waals surface area contributed by atoms with Gasteiger partial charge in [0.2, 0.25) is 0 Å². The Hall–Kier alpha value is -1.56. The minimum Gasteiger partial charge on any atom is -0.352 e. The normalized spacial score (nSPS) is 10.3. The van der Waals surface area contributed by atoms with Crippen molar-refractivity contribution in [1.29, 1.82) is 0 Å². The maximum absolute atomic E-state index is 10.4. The summed E-state index contributed by atoms with van der Waals surface area (Å²) >= 11 is 0. The van der Waals surface area contributed by atoms with E-state index in [0.717, 1.165) is 25.1 Å². The van der Waals surface area contributed by atoms with Crippen LogP contribution in [0.2, 0.25) is 0 Å². The molecule has 0 aliphatic rings. The molecule has 0 spiro atoms. The number of carbonyl (C=O) groups excluding carboxylic acids is 1. The second kappa shape index (κ2) is 6.84. The summed E-state index contributed by atoms with van der Waals surface area (Å²) in [5.74, 6) is 0. The molecule has 0 fully saturated rings. The molecule has 0 saturated heterocycles. The monoisotopic (exact) mass is 225 g/mol. The van der Waals surface area contributed by atoms with Crippen molar-refractivity contribution in [3.63, 3.8) is 0 Å². The molecule has 0 radical (unpaired) electrons. The average Bonchev–Trinajstić information content (AvgIpc) is 2.65. The summed E-state index contributed by atoms with van der Waals surface area (Å²) in [7, 11) is 0. The molecule has 1 rings (SSSR count). The van der Waals surface area contributed by atoms with Crippen LogP contribution in [0.5, 0.6) is 0 Å². The Labute approximate surface area is 95.2 Å². The number of amides is 2. The van der Waals surface area contributed by atoms with Gasteiger partial charge in [-0.25, -0.2) is 4.79 Å². The highest BCUT2D eigenvalue weighted by Gasteiger charge is 1.97. The van der Waals surface area contributed by atoms with Crippen molar-refractivity contribution in [3.05, 3.63) is 18.0 Å². The molecule has 16 heavy (non-hydrogen) atoms. The molecule has 0 saturated carbocycles. The molecule has 0 bridgehead atoms. The minimum atomic E-state index is -0.488. The molecule has 0 unspecified atom stereocenters. The summed E-state index contributed by atoms with van der Waals surface area (Å²) in [5.41, 5.74) is 6.08. The molecule has 0 atom stereocenters. The van der Waals surface area contributed by atoms with Gasteiger partial charge in [-0.05, 0) is 6.42 Å². The molecule has 1 aromatic rings. The molecule has 1 aromatic heterocycles. The lowest BCUT2D eigenvalue weighted by molar-refractivity contribution is 0.249. The van der Waals surface area contributed by atoms with Gasteiger partial charge in [-0.15, -0.1) is 0 Å². The van der Waals surface area contributed by atoms with Crippen molar-refractivity contribution in [2.24, 2.45) is 5.73 Å². The first-order valence-corrected chi connectivity index (χ1v) is 5.47. The molecule has 0 aliphatic carbocycles. The summed E-state index contributed by atoms with van der Waals surface area (Å²) < 4.78 is 1.93. The fourth-order valence-electron chi connectivity index (χ4n) is 1.36. The molecular weight excluding hydrogens is 206 g/mol. The third-order valence-electron chi connectivity index (χ3n) is 2.07. The Morgan fingerprint density at radius 1 is 1.56 bits per heavy atom. The Morgan fingerprint density at radius 2 is 2.38 bits per heavy atom. The number of primary amides is 1. The lowest BCUT2D eigenvalue weighted by Crippen LogP contribution is -2.35. The SMILES string of the molecule is CCCn1cc(CNCCNC(N)=O)cn1. The number of urea groups is 1. The zero-order valence-electron chi connectivity index (χ0n) is 9.57. The summed E-state index contributed by atoms with van der Waals surface area (Å²) in [6.07, 6.45) is 4.96. The van der Waals surface area contributed by atoms with Crippen molar-refractivity contribution in [3.8, 4) is 0 Å². The fraction of sp³-hybridized carbons (Fsp3) is 0.600. The van der Waals surface area contributed by atoms with E-state index in [1.807, 2.05) is 17.1 Å². The molecule has 6 nitrogen and oxygen atoms in total. The van der Waals surface area contributed by atoms with E-state index < -0.39 is 6.03 Å². The number of carbonyl (C=O) groups is 1. The smallest absolute Gasteiger partial charge is 0.312 e. The van der Waals surface area contributed by atoms with Crippen molar-refractivity contribution in [2.75, 3.05) is 13.1 Å². The fourth-order valence-corrected chi connectivity index (χ4v) is 1.36. The number of hydrogen-bond donors (Lipinski definition) is 3. The molecule has 0 aromatic carbocycles. The van der Waals surface area contributed by atoms with E-state index in [-0.39, 0.29) is 0 Å². The third-order valence-corrected chi connectivity index (χ3v) is 2.07. The Bertz CT molecular complexity index is 323. The highest BCUT2D eigenvalue weighted by molar-refractivity contribution is 5.71. The summed E-state index contributed by atoms with van der Waals surface area (Å²) in [4.78, 5) is 10.4. The number of nitrogens with zero attached hydrogens (tertiary/aromatic N) is 2. The zero-order valence-corrected chi connectivity index (χ0v) is 9.57. The maximum atomic E-state index is 10.4. The van der Waals surface area contributed by atoms with E-state index >= 15 is 0 Å². The van der Waals surface area contributed by atoms with E-state index in [1.54, 1.807) is 0 Å². The van der Waals surface area contributed by atoms with Crippen LogP contribution >= 0.6 is 0 Å². The average molecular weight is 225 g/mol. The van der Waals surface area contributed by atoms with E-state index in [4.69, 9.17) is 5.73 Å². The van der Waals surface area contributed by atoms with E-state index in [9.17, 15) is 4.79 Å². The van der Waals surface area contributed by atoms with Gasteiger partial charge in [-0.2, -0.15) is 5.10 Å². The number of nitrogens with two attached hydrogens (primary N) is 1. The zero-order chi connectivity index (χ0) is 11.8. The topological polar surface area (TPSA) is 85.0 Å². The molecular formula is C10H19N5O. The van der Waals surface area contributed by atoms with Crippen LogP contribution in [0.1, 0.15) is 18.9 Å². The Kier molecular flexibility index (Phi) is 5.35. The summed E-state index contributed by atoms with van der Waals surface area (Å²) in [6.45, 7) is 5.06. The molecule has 6 heteroatoms. The van der Waals surface area contributed by atoms with Gasteiger partial charge in [0.05, 0.1) is 6.20 Å². The van der Waals surface area contributed by atoms with Gasteiger partial charge in [-0.3, -0.25) is 4.68 Å². The molecule has 90 valence electrons. The number of aryl methyl sites for hydroxylation is 1. The first-order valence-electron chi connectivity index (χ1n) is 5.47. The van der Waals surface area contributed by atoms with Crippen molar-refractivity contribution in [1.82, 2.24) is 20.4 Å². The van der Waals surface area contributed by atoms with Gasteiger partial charge in [0.15, 0.2) is 0 Å². The van der Waals surface area contributed by atoms with Crippen molar-refractivity contribution in [2.45, 2.75) is 26.4 Å². The second-order valence-electron chi connectivity index (χ2n) is 3.58. The highest BCUT2D eigenvalue weighted by atomic mass is 16.2. The van der Waals surface area contributed by atoms with Gasteiger partial charge < -0.3 is 16.4 Å². The lowest BCUT2D eigenvalue weighted by atomic mass is 10.3. The molecule has 0 aliphatic heterocycles. The van der Waals surface area contributed by atoms with Crippen LogP contribution in [0.4, 0.5) is 4.79 Å². The number of nitrogens with one attached hydrogen (secondary N) is 2. The summed E-state index contributed by atoms with van der Waals surface area (Å²) in [6, 6.07) is -0.488. The van der Waals surface area contributed by atoms with Gasteiger partial charge in [0.25, 0.3) is 0 Å². The van der Waals surface area contributed by atoms with Crippen molar-refractivity contribution >= 4 is 6.03 Å². The number of aromatic nitrogens is 2. The van der Waals surface area contributed by atoms with Crippen LogP contribution in [0.25, 0.3) is 0 Å². The first-order chi connectivity index (χ1) is 7.72. The van der Waals surface area contributed by atoms with E-state index in [0.29, 0.717) is 13.1 Å². The van der Waals surface area contributed by atoms with Crippen LogP contribution in [0.15, 0.2) is 12.4 Å². The summed E-state index contributed by atoms with van der Waals surface area (Å²) in [5, 5.41) is 9.92. The first kappa shape index (κ1) is 12.5. The van der Waals surface area contributed by atoms with Crippen LogP contribution in [-0.4, -0.2) is 28.9 Å². The van der Waals surface area contributed by atoms with Crippen LogP contribution in [0.3, 0.4) is 0 Å². The number of hydrogen-bond acceptors (Lipinski definition) is 3. The minimum absolute atomic E-state index is 0.488. The predicted molar refractivity (Wildman–Crippen MR) is 61.8 cm³/mol. The van der Waals surface area contributed by atoms with E-state index in [2.05, 4.69) is 22.7 Å². The van der Waals surface area contributed by atoms with E-state index in [1.165, 1.54) is 0 Å². The molecule has 4 N–H and O–H groups in total. The predicted octanol–water partition coefficient (Wildman–Crippen LogP) is 0.0510. The second-order valence-corrected chi connectivity index (χ2v) is 3.58. The van der Waals surface area contributed by atoms with Crippen molar-refractivity contribution < 1.29 is 4.79 Å². The van der Waals surface area contributed by atoms with Crippen LogP contribution in [-0.2, 0) is 13.1 Å². The Balaban J connectivity index is 2.14. The van der Waals surface area contributed by atoms with Crippen LogP contribution < -0.4 is 16.4 Å². The van der Waals surface area contributed by atoms with Crippen LogP contribution in [0, 0.1) is 0 Å². The third kappa shape index (κ3) is 4.79. The van der Waals surface area contributed by atoms with Gasteiger partial charge in [0, 0.05) is 37.9 Å². The lowest BCUT2D eigenvalue weighted by Gasteiger charge is -2.03. The standard InChI is InChI=1S/C10H19N5O/c1-2-5-15-8-9(7-14-15)6-12-3-4-13-10(11)16/h7-8,12H,2-6H2,1H3,(H3,11,13,16). The Morgan fingerprint density at radius 3 is 3.06 bits per heavy atom. The maximum Gasteiger partial charge on any atom is 0.312 e. The number of rotatable bonds is 7.